The molecule has 3 rings (SSSR count). The molecular formula is C27H27FN2O4. The van der Waals surface area contributed by atoms with E-state index < -0.39 is 41.6 Å². The summed E-state index contributed by atoms with van der Waals surface area (Å²) in [5.41, 5.74) is 1.87. The molecule has 0 aromatic heterocycles. The van der Waals surface area contributed by atoms with E-state index in [4.69, 9.17) is 4.74 Å². The van der Waals surface area contributed by atoms with E-state index in [1.54, 1.807) is 18.2 Å². The van der Waals surface area contributed by atoms with Gasteiger partial charge in [-0.05, 0) is 22.8 Å². The van der Waals surface area contributed by atoms with Crippen molar-refractivity contribution in [2.75, 3.05) is 7.11 Å². The average Bonchev–Trinajstić information content (AvgIpc) is 2.85. The SMILES string of the molecule is COC(=O)[C@@H](NC(=O)[C@H](Cc1ccccc1F)NC(C)=O)C(c1ccccc1)c1ccccc1. The van der Waals surface area contributed by atoms with Crippen LogP contribution in [0, 0.1) is 5.82 Å². The van der Waals surface area contributed by atoms with Gasteiger partial charge in [0.2, 0.25) is 11.8 Å². The van der Waals surface area contributed by atoms with Gasteiger partial charge in [0.25, 0.3) is 0 Å². The quantitative estimate of drug-likeness (QED) is 0.478. The lowest BCUT2D eigenvalue weighted by molar-refractivity contribution is -0.145. The number of hydrogen-bond acceptors (Lipinski definition) is 4. The molecule has 0 aliphatic rings. The Morgan fingerprint density at radius 3 is 1.85 bits per heavy atom. The maximum atomic E-state index is 14.2. The molecule has 2 atom stereocenters. The standard InChI is InChI=1S/C27H27FN2O4/c1-18(31)29-23(17-21-15-9-10-16-22(21)28)26(32)30-25(27(33)34-2)24(19-11-5-3-6-12-19)20-13-7-4-8-14-20/h3-16,23-25H,17H2,1-2H3,(H,29,31)(H,30,32)/t23-,25-/m0/s1. The summed E-state index contributed by atoms with van der Waals surface area (Å²) in [5.74, 6) is -2.75. The molecule has 0 radical (unpaired) electrons. The Kier molecular flexibility index (Phi) is 8.51. The fourth-order valence-corrected chi connectivity index (χ4v) is 3.90. The van der Waals surface area contributed by atoms with E-state index in [-0.39, 0.29) is 12.0 Å². The maximum absolute atomic E-state index is 14.2. The molecule has 0 fully saturated rings. The second-order valence-electron chi connectivity index (χ2n) is 7.86. The number of methoxy groups -OCH3 is 1. The maximum Gasteiger partial charge on any atom is 0.329 e. The van der Waals surface area contributed by atoms with Crippen molar-refractivity contribution in [1.82, 2.24) is 10.6 Å². The molecule has 0 bridgehead atoms. The summed E-state index contributed by atoms with van der Waals surface area (Å²) in [6, 6.07) is 22.4. The average molecular weight is 463 g/mol. The highest BCUT2D eigenvalue weighted by Crippen LogP contribution is 2.29. The second-order valence-corrected chi connectivity index (χ2v) is 7.86. The largest absolute Gasteiger partial charge is 0.467 e. The topological polar surface area (TPSA) is 84.5 Å². The summed E-state index contributed by atoms with van der Waals surface area (Å²) >= 11 is 0. The van der Waals surface area contributed by atoms with Crippen molar-refractivity contribution in [3.8, 4) is 0 Å². The number of hydrogen-bond donors (Lipinski definition) is 2. The van der Waals surface area contributed by atoms with Crippen LogP contribution in [0.5, 0.6) is 0 Å². The van der Waals surface area contributed by atoms with Gasteiger partial charge in [-0.1, -0.05) is 78.9 Å². The van der Waals surface area contributed by atoms with E-state index in [2.05, 4.69) is 10.6 Å². The highest BCUT2D eigenvalue weighted by Gasteiger charge is 2.35. The van der Waals surface area contributed by atoms with Crippen LogP contribution in [-0.4, -0.2) is 37.0 Å². The van der Waals surface area contributed by atoms with E-state index in [0.29, 0.717) is 0 Å². The Labute approximate surface area is 198 Å². The Bertz CT molecular complexity index is 1080. The number of carbonyl (C=O) groups excluding carboxylic acids is 3. The number of ether oxygens (including phenoxy) is 1. The fourth-order valence-electron chi connectivity index (χ4n) is 3.90. The predicted octanol–water partition coefficient (Wildman–Crippen LogP) is 3.36. The van der Waals surface area contributed by atoms with Gasteiger partial charge < -0.3 is 15.4 Å². The van der Waals surface area contributed by atoms with E-state index in [1.807, 2.05) is 60.7 Å². The van der Waals surface area contributed by atoms with Crippen LogP contribution in [0.1, 0.15) is 29.5 Å². The molecule has 0 heterocycles. The summed E-state index contributed by atoms with van der Waals surface area (Å²) in [4.78, 5) is 38.1. The van der Waals surface area contributed by atoms with Gasteiger partial charge in [-0.3, -0.25) is 9.59 Å². The van der Waals surface area contributed by atoms with Crippen LogP contribution in [0.25, 0.3) is 0 Å². The van der Waals surface area contributed by atoms with Crippen molar-refractivity contribution in [1.29, 1.82) is 0 Å². The third-order valence-corrected chi connectivity index (χ3v) is 5.48. The molecule has 0 aliphatic heterocycles. The number of halogens is 1. The van der Waals surface area contributed by atoms with E-state index in [0.717, 1.165) is 11.1 Å². The van der Waals surface area contributed by atoms with Crippen LogP contribution in [-0.2, 0) is 25.5 Å². The van der Waals surface area contributed by atoms with E-state index in [1.165, 1.54) is 20.1 Å². The lowest BCUT2D eigenvalue weighted by atomic mass is 9.84. The summed E-state index contributed by atoms with van der Waals surface area (Å²) in [6.45, 7) is 1.27. The fraction of sp³-hybridized carbons (Fsp3) is 0.222. The molecule has 0 saturated heterocycles. The molecule has 0 saturated carbocycles. The number of esters is 1. The summed E-state index contributed by atoms with van der Waals surface area (Å²) in [5, 5.41) is 5.33. The Morgan fingerprint density at radius 2 is 1.35 bits per heavy atom. The highest BCUT2D eigenvalue weighted by molar-refractivity contribution is 5.91. The molecule has 176 valence electrons. The summed E-state index contributed by atoms with van der Waals surface area (Å²) in [6.07, 6.45) is -0.0761. The van der Waals surface area contributed by atoms with Gasteiger partial charge in [0.1, 0.15) is 17.9 Å². The zero-order valence-corrected chi connectivity index (χ0v) is 19.0. The smallest absolute Gasteiger partial charge is 0.329 e. The summed E-state index contributed by atoms with van der Waals surface area (Å²) < 4.78 is 19.3. The van der Waals surface area contributed by atoms with Crippen molar-refractivity contribution in [3.63, 3.8) is 0 Å². The first-order chi connectivity index (χ1) is 16.4. The molecule has 3 aromatic carbocycles. The van der Waals surface area contributed by atoms with Gasteiger partial charge in [0, 0.05) is 19.3 Å². The normalized spacial score (nSPS) is 12.5. The molecule has 3 aromatic rings. The van der Waals surface area contributed by atoms with Gasteiger partial charge in [-0.15, -0.1) is 0 Å². The number of nitrogens with one attached hydrogen (secondary N) is 2. The Morgan fingerprint density at radius 1 is 0.824 bits per heavy atom. The zero-order valence-electron chi connectivity index (χ0n) is 19.0. The molecular weight excluding hydrogens is 435 g/mol. The van der Waals surface area contributed by atoms with Crippen LogP contribution in [0.2, 0.25) is 0 Å². The van der Waals surface area contributed by atoms with Crippen molar-refractivity contribution < 1.29 is 23.5 Å². The predicted molar refractivity (Wildman–Crippen MR) is 126 cm³/mol. The Hall–Kier alpha value is -4.00. The van der Waals surface area contributed by atoms with Gasteiger partial charge in [-0.2, -0.15) is 0 Å². The van der Waals surface area contributed by atoms with Crippen molar-refractivity contribution >= 4 is 17.8 Å². The molecule has 0 aliphatic carbocycles. The van der Waals surface area contributed by atoms with E-state index >= 15 is 0 Å². The second kappa shape index (κ2) is 11.7. The minimum Gasteiger partial charge on any atom is -0.467 e. The van der Waals surface area contributed by atoms with Crippen molar-refractivity contribution in [3.05, 3.63) is 107 Å². The molecule has 7 heteroatoms. The van der Waals surface area contributed by atoms with Crippen LogP contribution < -0.4 is 10.6 Å². The first-order valence-corrected chi connectivity index (χ1v) is 10.9. The molecule has 0 spiro atoms. The number of benzene rings is 3. The lowest BCUT2D eigenvalue weighted by Crippen LogP contribution is -2.54. The van der Waals surface area contributed by atoms with Gasteiger partial charge in [0.15, 0.2) is 0 Å². The van der Waals surface area contributed by atoms with Crippen LogP contribution >= 0.6 is 0 Å². The zero-order chi connectivity index (χ0) is 24.5. The highest BCUT2D eigenvalue weighted by atomic mass is 19.1. The van der Waals surface area contributed by atoms with Crippen LogP contribution in [0.4, 0.5) is 4.39 Å². The summed E-state index contributed by atoms with van der Waals surface area (Å²) in [7, 11) is 1.25. The first kappa shape index (κ1) is 24.6. The van der Waals surface area contributed by atoms with Crippen molar-refractivity contribution in [2.45, 2.75) is 31.3 Å². The third-order valence-electron chi connectivity index (χ3n) is 5.48. The van der Waals surface area contributed by atoms with Crippen LogP contribution in [0.15, 0.2) is 84.9 Å². The van der Waals surface area contributed by atoms with Gasteiger partial charge >= 0.3 is 5.97 Å². The molecule has 2 amide bonds. The lowest BCUT2D eigenvalue weighted by Gasteiger charge is -2.29. The molecule has 34 heavy (non-hydrogen) atoms. The Balaban J connectivity index is 1.96. The molecule has 6 nitrogen and oxygen atoms in total. The molecule has 2 N–H and O–H groups in total. The minimum absolute atomic E-state index is 0.0761. The van der Waals surface area contributed by atoms with Gasteiger partial charge in [-0.25, -0.2) is 9.18 Å². The third kappa shape index (κ3) is 6.28. The minimum atomic E-state index is -1.09. The molecule has 0 unspecified atom stereocenters. The number of carbonyl (C=O) groups is 3. The first-order valence-electron chi connectivity index (χ1n) is 10.9. The van der Waals surface area contributed by atoms with Crippen LogP contribution in [0.3, 0.4) is 0 Å². The van der Waals surface area contributed by atoms with E-state index in [9.17, 15) is 18.8 Å². The number of rotatable bonds is 9. The number of amides is 2. The van der Waals surface area contributed by atoms with Gasteiger partial charge in [0.05, 0.1) is 7.11 Å². The van der Waals surface area contributed by atoms with Crippen molar-refractivity contribution in [2.24, 2.45) is 0 Å². The monoisotopic (exact) mass is 462 g/mol.